The molecule has 0 radical (unpaired) electrons. The van der Waals surface area contributed by atoms with Crippen molar-refractivity contribution in [2.75, 3.05) is 50.5 Å². The van der Waals surface area contributed by atoms with E-state index in [2.05, 4.69) is 15.5 Å². The van der Waals surface area contributed by atoms with Crippen LogP contribution in [0.25, 0.3) is 0 Å². The quantitative estimate of drug-likeness (QED) is 0.610. The SMILES string of the molecule is CN(C)S(=O)(=O)c1ccc(N2CCCC2)c(C(=O)NCc2cccc(NC(=O)N3CCCC3)c2)c1. The molecule has 0 saturated carbocycles. The Morgan fingerprint density at radius 1 is 0.943 bits per heavy atom. The zero-order chi connectivity index (χ0) is 25.0. The molecule has 0 aromatic heterocycles. The zero-order valence-electron chi connectivity index (χ0n) is 20.3. The molecule has 188 valence electrons. The predicted octanol–water partition coefficient (Wildman–Crippen LogP) is 3.09. The van der Waals surface area contributed by atoms with Gasteiger partial charge in [0.1, 0.15) is 0 Å². The second kappa shape index (κ2) is 10.7. The minimum atomic E-state index is -3.67. The third-order valence-electron chi connectivity index (χ3n) is 6.46. The highest BCUT2D eigenvalue weighted by atomic mass is 32.2. The van der Waals surface area contributed by atoms with Crippen molar-refractivity contribution in [2.24, 2.45) is 0 Å². The van der Waals surface area contributed by atoms with E-state index in [1.54, 1.807) is 17.0 Å². The summed E-state index contributed by atoms with van der Waals surface area (Å²) in [7, 11) is -0.732. The van der Waals surface area contributed by atoms with Crippen LogP contribution in [0.4, 0.5) is 16.2 Å². The molecule has 2 heterocycles. The van der Waals surface area contributed by atoms with Crippen LogP contribution in [0.1, 0.15) is 41.6 Å². The van der Waals surface area contributed by atoms with Gasteiger partial charge in [0.2, 0.25) is 10.0 Å². The standard InChI is InChI=1S/C25H33N5O4S/c1-28(2)35(33,34)21-10-11-23(29-12-3-4-13-29)22(17-21)24(31)26-18-19-8-7-9-20(16-19)27-25(32)30-14-5-6-15-30/h7-11,16-17H,3-6,12-15,18H2,1-2H3,(H,26,31)(H,27,32). The minimum absolute atomic E-state index is 0.0854. The van der Waals surface area contributed by atoms with E-state index in [-0.39, 0.29) is 23.4 Å². The average molecular weight is 500 g/mol. The van der Waals surface area contributed by atoms with E-state index in [0.29, 0.717) is 11.3 Å². The Balaban J connectivity index is 1.50. The molecule has 2 aliphatic heterocycles. The largest absolute Gasteiger partial charge is 0.371 e. The maximum absolute atomic E-state index is 13.3. The first kappa shape index (κ1) is 25.0. The van der Waals surface area contributed by atoms with Crippen molar-refractivity contribution < 1.29 is 18.0 Å². The van der Waals surface area contributed by atoms with Crippen molar-refractivity contribution in [3.05, 3.63) is 53.6 Å². The van der Waals surface area contributed by atoms with Crippen LogP contribution < -0.4 is 15.5 Å². The lowest BCUT2D eigenvalue weighted by molar-refractivity contribution is 0.0951. The van der Waals surface area contributed by atoms with E-state index in [1.807, 2.05) is 24.3 Å². The maximum atomic E-state index is 13.3. The summed E-state index contributed by atoms with van der Waals surface area (Å²) >= 11 is 0. The van der Waals surface area contributed by atoms with Crippen LogP contribution in [0.15, 0.2) is 47.4 Å². The summed E-state index contributed by atoms with van der Waals surface area (Å²) in [5.74, 6) is -0.339. The van der Waals surface area contributed by atoms with Gasteiger partial charge in [-0.05, 0) is 61.6 Å². The Labute approximate surface area is 207 Å². The van der Waals surface area contributed by atoms with Gasteiger partial charge < -0.3 is 20.4 Å². The Kier molecular flexibility index (Phi) is 7.61. The number of hydrogen-bond acceptors (Lipinski definition) is 5. The van der Waals surface area contributed by atoms with Crippen LogP contribution in [-0.2, 0) is 16.6 Å². The van der Waals surface area contributed by atoms with Crippen LogP contribution in [0.3, 0.4) is 0 Å². The summed E-state index contributed by atoms with van der Waals surface area (Å²) in [6.07, 6.45) is 4.12. The summed E-state index contributed by atoms with van der Waals surface area (Å²) < 4.78 is 26.5. The van der Waals surface area contributed by atoms with Crippen LogP contribution in [0.5, 0.6) is 0 Å². The van der Waals surface area contributed by atoms with E-state index >= 15 is 0 Å². The second-order valence-corrected chi connectivity index (χ2v) is 11.3. The first-order valence-electron chi connectivity index (χ1n) is 12.0. The van der Waals surface area contributed by atoms with Gasteiger partial charge in [-0.2, -0.15) is 0 Å². The van der Waals surface area contributed by atoms with Crippen molar-refractivity contribution >= 4 is 33.3 Å². The van der Waals surface area contributed by atoms with Gasteiger partial charge in [0, 0.05) is 58.2 Å². The number of sulfonamides is 1. The third-order valence-corrected chi connectivity index (χ3v) is 8.27. The van der Waals surface area contributed by atoms with Crippen molar-refractivity contribution in [3.63, 3.8) is 0 Å². The molecule has 0 unspecified atom stereocenters. The van der Waals surface area contributed by atoms with Gasteiger partial charge in [0.15, 0.2) is 0 Å². The smallest absolute Gasteiger partial charge is 0.321 e. The van der Waals surface area contributed by atoms with Crippen LogP contribution in [0, 0.1) is 0 Å². The topological polar surface area (TPSA) is 102 Å². The number of urea groups is 1. The lowest BCUT2D eigenvalue weighted by atomic mass is 10.1. The van der Waals surface area contributed by atoms with Crippen LogP contribution >= 0.6 is 0 Å². The average Bonchev–Trinajstić information content (AvgIpc) is 3.57. The Morgan fingerprint density at radius 2 is 1.63 bits per heavy atom. The number of carbonyl (C=O) groups is 2. The first-order chi connectivity index (χ1) is 16.8. The highest BCUT2D eigenvalue weighted by Gasteiger charge is 2.24. The molecule has 2 fully saturated rings. The van der Waals surface area contributed by atoms with Crippen LogP contribution in [-0.4, -0.2) is 69.8 Å². The van der Waals surface area contributed by atoms with Gasteiger partial charge in [0.25, 0.3) is 5.91 Å². The summed E-state index contributed by atoms with van der Waals surface area (Å²) in [4.78, 5) is 29.6. The van der Waals surface area contributed by atoms with Crippen molar-refractivity contribution in [2.45, 2.75) is 37.1 Å². The van der Waals surface area contributed by atoms with E-state index < -0.39 is 10.0 Å². The lowest BCUT2D eigenvalue weighted by Gasteiger charge is -2.22. The van der Waals surface area contributed by atoms with Gasteiger partial charge in [-0.3, -0.25) is 4.79 Å². The Morgan fingerprint density at radius 3 is 2.31 bits per heavy atom. The number of likely N-dealkylation sites (tertiary alicyclic amines) is 1. The number of nitrogens with one attached hydrogen (secondary N) is 2. The Bertz CT molecular complexity index is 1190. The van der Waals surface area contributed by atoms with Gasteiger partial charge in [-0.1, -0.05) is 12.1 Å². The summed E-state index contributed by atoms with van der Waals surface area (Å²) in [6, 6.07) is 12.0. The lowest BCUT2D eigenvalue weighted by Crippen LogP contribution is -2.32. The molecule has 2 N–H and O–H groups in total. The molecular formula is C25H33N5O4S. The van der Waals surface area contributed by atoms with Gasteiger partial charge in [-0.15, -0.1) is 0 Å². The summed E-state index contributed by atoms with van der Waals surface area (Å²) in [5.41, 5.74) is 2.58. The fourth-order valence-electron chi connectivity index (χ4n) is 4.46. The normalized spacial score (nSPS) is 16.1. The molecule has 4 rings (SSSR count). The van der Waals surface area contributed by atoms with E-state index in [1.165, 1.54) is 20.2 Å². The number of hydrogen-bond donors (Lipinski definition) is 2. The number of amides is 3. The molecule has 0 aliphatic carbocycles. The molecule has 2 aliphatic rings. The second-order valence-electron chi connectivity index (χ2n) is 9.17. The third kappa shape index (κ3) is 5.76. The zero-order valence-corrected chi connectivity index (χ0v) is 21.1. The highest BCUT2D eigenvalue weighted by molar-refractivity contribution is 7.89. The monoisotopic (exact) mass is 499 g/mol. The number of rotatable bonds is 7. The van der Waals surface area contributed by atoms with E-state index in [4.69, 9.17) is 0 Å². The summed E-state index contributed by atoms with van der Waals surface area (Å²) in [6.45, 7) is 3.45. The van der Waals surface area contributed by atoms with Gasteiger partial charge >= 0.3 is 6.03 Å². The molecule has 3 amide bonds. The van der Waals surface area contributed by atoms with Crippen molar-refractivity contribution in [3.8, 4) is 0 Å². The molecule has 0 bridgehead atoms. The van der Waals surface area contributed by atoms with Crippen molar-refractivity contribution in [1.82, 2.24) is 14.5 Å². The molecule has 0 spiro atoms. The number of carbonyl (C=O) groups excluding carboxylic acids is 2. The minimum Gasteiger partial charge on any atom is -0.371 e. The van der Waals surface area contributed by atoms with Crippen molar-refractivity contribution in [1.29, 1.82) is 0 Å². The van der Waals surface area contributed by atoms with Crippen LogP contribution in [0.2, 0.25) is 0 Å². The fourth-order valence-corrected chi connectivity index (χ4v) is 5.39. The molecular weight excluding hydrogens is 466 g/mol. The van der Waals surface area contributed by atoms with E-state index in [0.717, 1.165) is 67.4 Å². The number of nitrogens with zero attached hydrogens (tertiary/aromatic N) is 3. The number of anilines is 2. The predicted molar refractivity (Wildman–Crippen MR) is 136 cm³/mol. The first-order valence-corrected chi connectivity index (χ1v) is 13.4. The molecule has 2 aromatic carbocycles. The molecule has 35 heavy (non-hydrogen) atoms. The molecule has 10 heteroatoms. The molecule has 2 saturated heterocycles. The highest BCUT2D eigenvalue weighted by Crippen LogP contribution is 2.28. The Hall–Kier alpha value is -3.11. The fraction of sp³-hybridized carbons (Fsp3) is 0.440. The number of benzene rings is 2. The van der Waals surface area contributed by atoms with Gasteiger partial charge in [0.05, 0.1) is 10.5 Å². The van der Waals surface area contributed by atoms with E-state index in [9.17, 15) is 18.0 Å². The molecule has 2 aromatic rings. The molecule has 9 nitrogen and oxygen atoms in total. The summed E-state index contributed by atoms with van der Waals surface area (Å²) in [5, 5.41) is 5.85. The maximum Gasteiger partial charge on any atom is 0.321 e. The molecule has 0 atom stereocenters. The van der Waals surface area contributed by atoms with Gasteiger partial charge in [-0.25, -0.2) is 17.5 Å².